The number of amides is 1. The number of benzene rings is 1. The maximum atomic E-state index is 12.1. The molecule has 0 spiro atoms. The molecule has 13 heteroatoms. The third-order valence-electron chi connectivity index (χ3n) is 4.86. The number of esters is 1. The van der Waals surface area contributed by atoms with Crippen LogP contribution in [0.3, 0.4) is 0 Å². The van der Waals surface area contributed by atoms with Gasteiger partial charge in [0, 0.05) is 18.8 Å². The van der Waals surface area contributed by atoms with E-state index in [2.05, 4.69) is 30.2 Å². The van der Waals surface area contributed by atoms with Crippen molar-refractivity contribution >= 4 is 63.1 Å². The third kappa shape index (κ3) is 5.47. The van der Waals surface area contributed by atoms with E-state index in [0.717, 1.165) is 18.8 Å². The smallest absolute Gasteiger partial charge is 0.412 e. The Kier molecular flexibility index (Phi) is 7.30. The van der Waals surface area contributed by atoms with Crippen LogP contribution in [0.25, 0.3) is 0 Å². The molecule has 178 valence electrons. The first-order valence-corrected chi connectivity index (χ1v) is 11.4. The molecule has 0 aliphatic carbocycles. The van der Waals surface area contributed by atoms with Crippen molar-refractivity contribution in [2.24, 2.45) is 5.73 Å². The maximum Gasteiger partial charge on any atom is 0.412 e. The maximum absolute atomic E-state index is 12.1. The first-order valence-electron chi connectivity index (χ1n) is 10.1. The molecule has 2 aromatic heterocycles. The SMILES string of the molecule is COc1ccc(N2CCOCC2)cc1Nc1ncc(Cl)c(Nc2sccc2C(=O)OC(N)=O)n1. The predicted molar refractivity (Wildman–Crippen MR) is 129 cm³/mol. The molecule has 0 radical (unpaired) electrons. The number of morpholine rings is 1. The second-order valence-electron chi connectivity index (χ2n) is 7.00. The Hall–Kier alpha value is -3.61. The summed E-state index contributed by atoms with van der Waals surface area (Å²) in [6.45, 7) is 2.92. The van der Waals surface area contributed by atoms with Crippen LogP contribution in [0.15, 0.2) is 35.8 Å². The lowest BCUT2D eigenvalue weighted by Crippen LogP contribution is -2.36. The number of nitrogens with zero attached hydrogens (tertiary/aromatic N) is 3. The second-order valence-corrected chi connectivity index (χ2v) is 8.32. The van der Waals surface area contributed by atoms with Crippen LogP contribution in [0, 0.1) is 0 Å². The molecular weight excluding hydrogens is 484 g/mol. The summed E-state index contributed by atoms with van der Waals surface area (Å²) in [7, 11) is 1.58. The molecule has 4 N–H and O–H groups in total. The van der Waals surface area contributed by atoms with E-state index < -0.39 is 12.1 Å². The van der Waals surface area contributed by atoms with Crippen LogP contribution < -0.4 is 26.0 Å². The second kappa shape index (κ2) is 10.5. The summed E-state index contributed by atoms with van der Waals surface area (Å²) in [5.41, 5.74) is 6.73. The Morgan fingerprint density at radius 1 is 1.24 bits per heavy atom. The number of rotatable bonds is 7. The van der Waals surface area contributed by atoms with E-state index in [1.807, 2.05) is 18.2 Å². The number of anilines is 5. The molecule has 1 amide bonds. The zero-order valence-corrected chi connectivity index (χ0v) is 19.6. The number of primary amides is 1. The Morgan fingerprint density at radius 3 is 2.76 bits per heavy atom. The van der Waals surface area contributed by atoms with Crippen LogP contribution in [0.5, 0.6) is 5.75 Å². The summed E-state index contributed by atoms with van der Waals surface area (Å²) in [4.78, 5) is 33.9. The summed E-state index contributed by atoms with van der Waals surface area (Å²) in [6, 6.07) is 7.29. The van der Waals surface area contributed by atoms with Gasteiger partial charge in [-0.15, -0.1) is 11.3 Å². The summed E-state index contributed by atoms with van der Waals surface area (Å²) < 4.78 is 15.4. The number of halogens is 1. The largest absolute Gasteiger partial charge is 0.495 e. The third-order valence-corrected chi connectivity index (χ3v) is 5.97. The number of methoxy groups -OCH3 is 1. The number of carbonyl (C=O) groups excluding carboxylic acids is 2. The monoisotopic (exact) mass is 504 g/mol. The van der Waals surface area contributed by atoms with Crippen LogP contribution in [0.1, 0.15) is 10.4 Å². The summed E-state index contributed by atoms with van der Waals surface area (Å²) in [6.07, 6.45) is 0.231. The van der Waals surface area contributed by atoms with Gasteiger partial charge in [-0.25, -0.2) is 14.6 Å². The number of thiophene rings is 1. The minimum Gasteiger partial charge on any atom is -0.495 e. The molecular formula is C21H21ClN6O5S. The topological polar surface area (TPSA) is 141 Å². The minimum absolute atomic E-state index is 0.118. The van der Waals surface area contributed by atoms with Crippen molar-refractivity contribution in [1.29, 1.82) is 0 Å². The molecule has 4 rings (SSSR count). The quantitative estimate of drug-likeness (QED) is 0.321. The number of carbonyl (C=O) groups is 2. The van der Waals surface area contributed by atoms with Crippen molar-refractivity contribution in [3.63, 3.8) is 0 Å². The number of aromatic nitrogens is 2. The molecule has 0 saturated carbocycles. The zero-order chi connectivity index (χ0) is 24.1. The number of ether oxygens (including phenoxy) is 3. The average molecular weight is 505 g/mol. The molecule has 0 bridgehead atoms. The van der Waals surface area contributed by atoms with Gasteiger partial charge in [0.05, 0.1) is 37.8 Å². The van der Waals surface area contributed by atoms with Gasteiger partial charge in [-0.2, -0.15) is 4.98 Å². The molecule has 3 aromatic rings. The lowest BCUT2D eigenvalue weighted by atomic mass is 10.2. The highest BCUT2D eigenvalue weighted by molar-refractivity contribution is 7.14. The van der Waals surface area contributed by atoms with Gasteiger partial charge in [0.25, 0.3) is 0 Å². The van der Waals surface area contributed by atoms with Crippen molar-refractivity contribution < 1.29 is 23.8 Å². The number of hydrogen-bond donors (Lipinski definition) is 3. The molecule has 34 heavy (non-hydrogen) atoms. The molecule has 1 aromatic carbocycles. The van der Waals surface area contributed by atoms with Gasteiger partial charge < -0.3 is 35.5 Å². The lowest BCUT2D eigenvalue weighted by Gasteiger charge is -2.29. The Labute approximate surface area is 203 Å². The fraction of sp³-hybridized carbons (Fsp3) is 0.238. The van der Waals surface area contributed by atoms with Gasteiger partial charge in [-0.3, -0.25) is 0 Å². The first-order chi connectivity index (χ1) is 16.4. The Bertz CT molecular complexity index is 1200. The van der Waals surface area contributed by atoms with E-state index in [-0.39, 0.29) is 22.4 Å². The number of nitrogens with two attached hydrogens (primary N) is 1. The van der Waals surface area contributed by atoms with Gasteiger partial charge in [0.1, 0.15) is 15.8 Å². The van der Waals surface area contributed by atoms with E-state index in [0.29, 0.717) is 29.7 Å². The van der Waals surface area contributed by atoms with Crippen LogP contribution in [-0.4, -0.2) is 55.4 Å². The van der Waals surface area contributed by atoms with Gasteiger partial charge in [0.15, 0.2) is 5.82 Å². The Balaban J connectivity index is 1.57. The molecule has 0 atom stereocenters. The van der Waals surface area contributed by atoms with Crippen molar-refractivity contribution in [2.75, 3.05) is 48.9 Å². The predicted octanol–water partition coefficient (Wildman–Crippen LogP) is 3.76. The highest BCUT2D eigenvalue weighted by Crippen LogP contribution is 2.34. The van der Waals surface area contributed by atoms with E-state index in [1.165, 1.54) is 23.6 Å². The van der Waals surface area contributed by atoms with E-state index >= 15 is 0 Å². The van der Waals surface area contributed by atoms with E-state index in [4.69, 9.17) is 26.8 Å². The van der Waals surface area contributed by atoms with Gasteiger partial charge in [-0.1, -0.05) is 11.6 Å². The Morgan fingerprint density at radius 2 is 2.03 bits per heavy atom. The molecule has 1 aliphatic rings. The first kappa shape index (κ1) is 23.5. The summed E-state index contributed by atoms with van der Waals surface area (Å²) in [5.74, 6) is 0.226. The summed E-state index contributed by atoms with van der Waals surface area (Å²) >= 11 is 7.48. The minimum atomic E-state index is -1.19. The van der Waals surface area contributed by atoms with Gasteiger partial charge in [-0.05, 0) is 29.6 Å². The van der Waals surface area contributed by atoms with E-state index in [9.17, 15) is 9.59 Å². The molecule has 1 aliphatic heterocycles. The molecule has 3 heterocycles. The van der Waals surface area contributed by atoms with Crippen LogP contribution in [-0.2, 0) is 9.47 Å². The van der Waals surface area contributed by atoms with Crippen molar-refractivity contribution in [1.82, 2.24) is 9.97 Å². The fourth-order valence-corrected chi connectivity index (χ4v) is 4.18. The summed E-state index contributed by atoms with van der Waals surface area (Å²) in [5, 5.41) is 8.40. The molecule has 1 fully saturated rings. The van der Waals surface area contributed by atoms with Crippen LogP contribution >= 0.6 is 22.9 Å². The highest BCUT2D eigenvalue weighted by Gasteiger charge is 2.19. The molecule has 0 unspecified atom stereocenters. The highest BCUT2D eigenvalue weighted by atomic mass is 35.5. The average Bonchev–Trinajstić information content (AvgIpc) is 3.30. The van der Waals surface area contributed by atoms with Gasteiger partial charge in [0.2, 0.25) is 5.95 Å². The van der Waals surface area contributed by atoms with Crippen molar-refractivity contribution in [3.8, 4) is 5.75 Å². The van der Waals surface area contributed by atoms with Crippen molar-refractivity contribution in [3.05, 3.63) is 46.4 Å². The normalized spacial score (nSPS) is 13.3. The van der Waals surface area contributed by atoms with Crippen LogP contribution in [0.4, 0.5) is 32.9 Å². The van der Waals surface area contributed by atoms with E-state index in [1.54, 1.807) is 12.5 Å². The van der Waals surface area contributed by atoms with Crippen LogP contribution in [0.2, 0.25) is 5.02 Å². The van der Waals surface area contributed by atoms with Gasteiger partial charge >= 0.3 is 12.1 Å². The zero-order valence-electron chi connectivity index (χ0n) is 18.0. The number of nitrogens with one attached hydrogen (secondary N) is 2. The fourth-order valence-electron chi connectivity index (χ4n) is 3.27. The lowest BCUT2D eigenvalue weighted by molar-refractivity contribution is 0.0640. The molecule has 11 nitrogen and oxygen atoms in total. The molecule has 1 saturated heterocycles. The standard InChI is InChI=1S/C21H21ClN6O5S/c1-31-16-3-2-12(28-5-7-32-8-6-28)10-15(16)25-21-24-11-14(22)17(27-21)26-18-13(4-9-34-18)19(29)33-20(23)30/h2-4,9-11H,5-8H2,1H3,(H2,23,30)(H2,24,25,26,27). The van der Waals surface area contributed by atoms with Crippen molar-refractivity contribution in [2.45, 2.75) is 0 Å². The number of hydrogen-bond acceptors (Lipinski definition) is 11.